The molecule has 128 valence electrons. The lowest BCUT2D eigenvalue weighted by Gasteiger charge is -2.30. The number of amides is 1. The maximum absolute atomic E-state index is 11.8. The predicted molar refractivity (Wildman–Crippen MR) is 94.3 cm³/mol. The van der Waals surface area contributed by atoms with Gasteiger partial charge >= 0.3 is 6.09 Å². The molecule has 0 spiro atoms. The number of nitrogens with one attached hydrogen (secondary N) is 1. The summed E-state index contributed by atoms with van der Waals surface area (Å²) in [5.41, 5.74) is 7.46. The van der Waals surface area contributed by atoms with E-state index in [-0.39, 0.29) is 12.1 Å². The predicted octanol–water partition coefficient (Wildman–Crippen LogP) is 4.28. The normalized spacial score (nSPS) is 21.7. The van der Waals surface area contributed by atoms with E-state index in [4.69, 9.17) is 10.5 Å². The molecule has 0 radical (unpaired) electrons. The van der Waals surface area contributed by atoms with Crippen molar-refractivity contribution in [1.29, 1.82) is 0 Å². The number of ether oxygens (including phenoxy) is 1. The van der Waals surface area contributed by atoms with E-state index in [2.05, 4.69) is 17.4 Å². The molecule has 1 amide bonds. The van der Waals surface area contributed by atoms with Crippen LogP contribution in [0.2, 0.25) is 0 Å². The number of anilines is 1. The van der Waals surface area contributed by atoms with Crippen LogP contribution in [0.5, 0.6) is 0 Å². The minimum Gasteiger partial charge on any atom is -0.444 e. The third-order valence-electron chi connectivity index (χ3n) is 4.39. The number of rotatable bonds is 4. The minimum absolute atomic E-state index is 0.262. The van der Waals surface area contributed by atoms with Gasteiger partial charge in [-0.3, -0.25) is 0 Å². The van der Waals surface area contributed by atoms with Crippen molar-refractivity contribution in [2.45, 2.75) is 70.9 Å². The van der Waals surface area contributed by atoms with Crippen LogP contribution in [0.4, 0.5) is 10.5 Å². The first-order valence-corrected chi connectivity index (χ1v) is 8.66. The fraction of sp³-hybridized carbons (Fsp3) is 0.632. The lowest BCUT2D eigenvalue weighted by molar-refractivity contribution is 0.0487. The van der Waals surface area contributed by atoms with Gasteiger partial charge < -0.3 is 15.8 Å². The number of nitrogens with two attached hydrogens (primary N) is 1. The highest BCUT2D eigenvalue weighted by molar-refractivity contribution is 5.68. The first-order chi connectivity index (χ1) is 10.8. The Labute approximate surface area is 139 Å². The molecule has 3 N–H and O–H groups in total. The average Bonchev–Trinajstić information content (AvgIpc) is 2.46. The van der Waals surface area contributed by atoms with Gasteiger partial charge in [0.1, 0.15) is 5.60 Å². The minimum atomic E-state index is -0.430. The van der Waals surface area contributed by atoms with Gasteiger partial charge in [0, 0.05) is 11.7 Å². The fourth-order valence-electron chi connectivity index (χ4n) is 3.12. The number of benzene rings is 1. The van der Waals surface area contributed by atoms with Gasteiger partial charge in [-0.25, -0.2) is 4.79 Å². The standard InChI is InChI=1S/C19H30N2O2/c1-19(2,3)23-18(22)21-17-12-8-15(9-13-17)5-4-14-6-10-16(20)11-7-14/h6-7,10-11,15,17H,4-5,8-9,12-13,20H2,1-3H3,(H,21,22). The smallest absolute Gasteiger partial charge is 0.407 e. The maximum Gasteiger partial charge on any atom is 0.407 e. The molecule has 4 heteroatoms. The second-order valence-electron chi connectivity index (χ2n) is 7.64. The molecule has 23 heavy (non-hydrogen) atoms. The Morgan fingerprint density at radius 3 is 2.35 bits per heavy atom. The molecule has 0 aromatic heterocycles. The zero-order valence-corrected chi connectivity index (χ0v) is 14.6. The molecule has 1 aliphatic carbocycles. The fourth-order valence-corrected chi connectivity index (χ4v) is 3.12. The van der Waals surface area contributed by atoms with Crippen LogP contribution in [-0.2, 0) is 11.2 Å². The van der Waals surface area contributed by atoms with Crippen LogP contribution in [0.3, 0.4) is 0 Å². The zero-order valence-electron chi connectivity index (χ0n) is 14.6. The summed E-state index contributed by atoms with van der Waals surface area (Å²) in [5, 5.41) is 3.00. The van der Waals surface area contributed by atoms with E-state index in [1.54, 1.807) is 0 Å². The molecule has 0 bridgehead atoms. The monoisotopic (exact) mass is 318 g/mol. The van der Waals surface area contributed by atoms with Crippen LogP contribution < -0.4 is 11.1 Å². The number of carbonyl (C=O) groups is 1. The molecule has 1 aliphatic rings. The van der Waals surface area contributed by atoms with Gasteiger partial charge in [-0.15, -0.1) is 0 Å². The summed E-state index contributed by atoms with van der Waals surface area (Å²) < 4.78 is 5.32. The Kier molecular flexibility index (Phi) is 5.91. The second kappa shape index (κ2) is 7.71. The molecule has 4 nitrogen and oxygen atoms in total. The van der Waals surface area contributed by atoms with Crippen LogP contribution in [0, 0.1) is 5.92 Å². The maximum atomic E-state index is 11.8. The van der Waals surface area contributed by atoms with Crippen molar-refractivity contribution in [3.05, 3.63) is 29.8 Å². The number of nitrogen functional groups attached to an aromatic ring is 1. The van der Waals surface area contributed by atoms with Gasteiger partial charge in [-0.2, -0.15) is 0 Å². The SMILES string of the molecule is CC(C)(C)OC(=O)NC1CCC(CCc2ccc(N)cc2)CC1. The number of aryl methyl sites for hydroxylation is 1. The molecular weight excluding hydrogens is 288 g/mol. The Balaban J connectivity index is 1.67. The number of alkyl carbamates (subject to hydrolysis) is 1. The van der Waals surface area contributed by atoms with E-state index in [9.17, 15) is 4.79 Å². The van der Waals surface area contributed by atoms with Crippen molar-refractivity contribution in [3.8, 4) is 0 Å². The molecule has 0 aliphatic heterocycles. The van der Waals surface area contributed by atoms with Crippen molar-refractivity contribution in [2.75, 3.05) is 5.73 Å². The van der Waals surface area contributed by atoms with Crippen molar-refractivity contribution >= 4 is 11.8 Å². The molecule has 1 saturated carbocycles. The third kappa shape index (κ3) is 6.51. The van der Waals surface area contributed by atoms with Gasteiger partial charge in [0.15, 0.2) is 0 Å². The van der Waals surface area contributed by atoms with E-state index in [0.29, 0.717) is 0 Å². The van der Waals surface area contributed by atoms with Crippen molar-refractivity contribution in [3.63, 3.8) is 0 Å². The number of hydrogen-bond acceptors (Lipinski definition) is 3. The third-order valence-corrected chi connectivity index (χ3v) is 4.39. The van der Waals surface area contributed by atoms with Crippen molar-refractivity contribution < 1.29 is 9.53 Å². The largest absolute Gasteiger partial charge is 0.444 e. The Bertz CT molecular complexity index is 497. The Hall–Kier alpha value is -1.71. The molecular formula is C19H30N2O2. The van der Waals surface area contributed by atoms with Crippen LogP contribution in [0.25, 0.3) is 0 Å². The molecule has 2 rings (SSSR count). The van der Waals surface area contributed by atoms with E-state index < -0.39 is 5.60 Å². The topological polar surface area (TPSA) is 64.3 Å². The lowest BCUT2D eigenvalue weighted by atomic mass is 9.83. The molecule has 1 aromatic rings. The highest BCUT2D eigenvalue weighted by Crippen LogP contribution is 2.28. The first kappa shape index (κ1) is 17.6. The number of carbonyl (C=O) groups excluding carboxylic acids is 1. The summed E-state index contributed by atoms with van der Waals surface area (Å²) in [5.74, 6) is 0.754. The zero-order chi connectivity index (χ0) is 16.9. The van der Waals surface area contributed by atoms with Gasteiger partial charge in [-0.05, 0) is 82.9 Å². The second-order valence-corrected chi connectivity index (χ2v) is 7.64. The quantitative estimate of drug-likeness (QED) is 0.814. The van der Waals surface area contributed by atoms with Gasteiger partial charge in [0.2, 0.25) is 0 Å². The summed E-state index contributed by atoms with van der Waals surface area (Å²) in [7, 11) is 0. The van der Waals surface area contributed by atoms with Gasteiger partial charge in [0.05, 0.1) is 0 Å². The average molecular weight is 318 g/mol. The van der Waals surface area contributed by atoms with Crippen LogP contribution in [0.15, 0.2) is 24.3 Å². The molecule has 0 atom stereocenters. The van der Waals surface area contributed by atoms with E-state index in [1.165, 1.54) is 24.8 Å². The van der Waals surface area contributed by atoms with E-state index >= 15 is 0 Å². The summed E-state index contributed by atoms with van der Waals surface area (Å²) in [6.45, 7) is 5.67. The molecule has 0 saturated heterocycles. The van der Waals surface area contributed by atoms with Crippen LogP contribution in [-0.4, -0.2) is 17.7 Å². The van der Waals surface area contributed by atoms with Crippen molar-refractivity contribution in [1.82, 2.24) is 5.32 Å². The summed E-state index contributed by atoms with van der Waals surface area (Å²) in [4.78, 5) is 11.8. The molecule has 1 aromatic carbocycles. The first-order valence-electron chi connectivity index (χ1n) is 8.66. The van der Waals surface area contributed by atoms with Gasteiger partial charge in [0.25, 0.3) is 0 Å². The molecule has 1 fully saturated rings. The highest BCUT2D eigenvalue weighted by Gasteiger charge is 2.24. The summed E-state index contributed by atoms with van der Waals surface area (Å²) in [6, 6.07) is 8.43. The van der Waals surface area contributed by atoms with E-state index in [1.807, 2.05) is 32.9 Å². The van der Waals surface area contributed by atoms with Gasteiger partial charge in [-0.1, -0.05) is 12.1 Å². The summed E-state index contributed by atoms with van der Waals surface area (Å²) in [6.07, 6.45) is 6.48. The Morgan fingerprint density at radius 2 is 1.78 bits per heavy atom. The van der Waals surface area contributed by atoms with Crippen LogP contribution in [0.1, 0.15) is 58.4 Å². The van der Waals surface area contributed by atoms with Crippen molar-refractivity contribution in [2.24, 2.45) is 5.92 Å². The Morgan fingerprint density at radius 1 is 1.17 bits per heavy atom. The number of hydrogen-bond donors (Lipinski definition) is 2. The van der Waals surface area contributed by atoms with E-state index in [0.717, 1.165) is 30.9 Å². The lowest BCUT2D eigenvalue weighted by Crippen LogP contribution is -2.40. The van der Waals surface area contributed by atoms with Crippen LogP contribution >= 0.6 is 0 Å². The summed E-state index contributed by atoms with van der Waals surface area (Å²) >= 11 is 0. The molecule has 0 unspecified atom stereocenters. The molecule has 0 heterocycles. The highest BCUT2D eigenvalue weighted by atomic mass is 16.6.